The van der Waals surface area contributed by atoms with Crippen LogP contribution in [0.2, 0.25) is 0 Å². The SMILES string of the molecule is Fc1ccc(-c2coc(CCCOc3ccccc3)c2)cc1F. The standard InChI is InChI=1S/C19H16F2O2/c20-18-9-8-14(12-19(18)21)15-11-17(23-13-15)7-4-10-22-16-5-2-1-3-6-16/h1-3,5-6,8-9,11-13H,4,7,10H2. The molecule has 4 heteroatoms. The van der Waals surface area contributed by atoms with Crippen LogP contribution in [-0.4, -0.2) is 6.61 Å². The highest BCUT2D eigenvalue weighted by Gasteiger charge is 2.08. The number of ether oxygens (including phenoxy) is 1. The van der Waals surface area contributed by atoms with Gasteiger partial charge in [0.15, 0.2) is 11.6 Å². The molecule has 23 heavy (non-hydrogen) atoms. The van der Waals surface area contributed by atoms with Crippen molar-refractivity contribution in [3.05, 3.63) is 78.3 Å². The van der Waals surface area contributed by atoms with Crippen molar-refractivity contribution < 1.29 is 17.9 Å². The average molecular weight is 314 g/mol. The molecular weight excluding hydrogens is 298 g/mol. The van der Waals surface area contributed by atoms with Crippen LogP contribution in [0.1, 0.15) is 12.2 Å². The molecule has 2 aromatic carbocycles. The zero-order chi connectivity index (χ0) is 16.1. The van der Waals surface area contributed by atoms with Crippen LogP contribution in [0.15, 0.2) is 65.3 Å². The van der Waals surface area contributed by atoms with E-state index in [0.717, 1.165) is 36.0 Å². The van der Waals surface area contributed by atoms with E-state index in [1.54, 1.807) is 6.26 Å². The first kappa shape index (κ1) is 15.3. The first-order valence-corrected chi connectivity index (χ1v) is 7.43. The van der Waals surface area contributed by atoms with Gasteiger partial charge in [0.1, 0.15) is 11.5 Å². The van der Waals surface area contributed by atoms with Gasteiger partial charge >= 0.3 is 0 Å². The lowest BCUT2D eigenvalue weighted by Crippen LogP contribution is -1.98. The van der Waals surface area contributed by atoms with Crippen LogP contribution in [0.3, 0.4) is 0 Å². The second kappa shape index (κ2) is 7.09. The quantitative estimate of drug-likeness (QED) is 0.581. The van der Waals surface area contributed by atoms with Gasteiger partial charge in [0, 0.05) is 12.0 Å². The Labute approximate surface area is 133 Å². The molecule has 0 aliphatic carbocycles. The van der Waals surface area contributed by atoms with Crippen molar-refractivity contribution in [1.29, 1.82) is 0 Å². The van der Waals surface area contributed by atoms with E-state index in [1.807, 2.05) is 36.4 Å². The largest absolute Gasteiger partial charge is 0.494 e. The Morgan fingerprint density at radius 1 is 0.870 bits per heavy atom. The molecule has 0 radical (unpaired) electrons. The first-order chi connectivity index (χ1) is 11.2. The molecule has 2 nitrogen and oxygen atoms in total. The van der Waals surface area contributed by atoms with Crippen molar-refractivity contribution in [3.8, 4) is 16.9 Å². The van der Waals surface area contributed by atoms with Crippen molar-refractivity contribution in [2.24, 2.45) is 0 Å². The van der Waals surface area contributed by atoms with Crippen molar-refractivity contribution in [1.82, 2.24) is 0 Å². The van der Waals surface area contributed by atoms with E-state index in [4.69, 9.17) is 9.15 Å². The van der Waals surface area contributed by atoms with Gasteiger partial charge in [0.2, 0.25) is 0 Å². The van der Waals surface area contributed by atoms with Gasteiger partial charge in [-0.1, -0.05) is 24.3 Å². The summed E-state index contributed by atoms with van der Waals surface area (Å²) < 4.78 is 37.3. The molecule has 0 saturated carbocycles. The molecule has 118 valence electrons. The molecule has 0 atom stereocenters. The van der Waals surface area contributed by atoms with Gasteiger partial charge in [0.25, 0.3) is 0 Å². The molecule has 3 aromatic rings. The van der Waals surface area contributed by atoms with Gasteiger partial charge in [0.05, 0.1) is 12.9 Å². The highest BCUT2D eigenvalue weighted by molar-refractivity contribution is 5.62. The minimum absolute atomic E-state index is 0.589. The maximum absolute atomic E-state index is 13.3. The van der Waals surface area contributed by atoms with E-state index < -0.39 is 11.6 Å². The lowest BCUT2D eigenvalue weighted by molar-refractivity contribution is 0.306. The number of rotatable bonds is 6. The fraction of sp³-hybridized carbons (Fsp3) is 0.158. The van der Waals surface area contributed by atoms with Crippen LogP contribution in [-0.2, 0) is 6.42 Å². The Morgan fingerprint density at radius 3 is 2.48 bits per heavy atom. The summed E-state index contributed by atoms with van der Waals surface area (Å²) in [5.41, 5.74) is 1.34. The molecule has 0 saturated heterocycles. The third-order valence-corrected chi connectivity index (χ3v) is 3.49. The van der Waals surface area contributed by atoms with Crippen molar-refractivity contribution in [3.63, 3.8) is 0 Å². The molecule has 1 aromatic heterocycles. The molecule has 0 spiro atoms. The van der Waals surface area contributed by atoms with Crippen LogP contribution in [0, 0.1) is 11.6 Å². The third-order valence-electron chi connectivity index (χ3n) is 3.49. The second-order valence-electron chi connectivity index (χ2n) is 5.20. The summed E-state index contributed by atoms with van der Waals surface area (Å²) in [7, 11) is 0. The molecule has 3 rings (SSSR count). The monoisotopic (exact) mass is 314 g/mol. The molecule has 0 aliphatic rings. The fourth-order valence-corrected chi connectivity index (χ4v) is 2.29. The fourth-order valence-electron chi connectivity index (χ4n) is 2.29. The lowest BCUT2D eigenvalue weighted by atomic mass is 10.1. The van der Waals surface area contributed by atoms with Crippen molar-refractivity contribution >= 4 is 0 Å². The number of hydrogen-bond acceptors (Lipinski definition) is 2. The van der Waals surface area contributed by atoms with Crippen LogP contribution >= 0.6 is 0 Å². The van der Waals surface area contributed by atoms with Gasteiger partial charge in [-0.3, -0.25) is 0 Å². The summed E-state index contributed by atoms with van der Waals surface area (Å²) in [4.78, 5) is 0. The first-order valence-electron chi connectivity index (χ1n) is 7.43. The zero-order valence-electron chi connectivity index (χ0n) is 12.5. The minimum atomic E-state index is -0.860. The summed E-state index contributed by atoms with van der Waals surface area (Å²) in [6, 6.07) is 15.3. The minimum Gasteiger partial charge on any atom is -0.494 e. The van der Waals surface area contributed by atoms with E-state index in [9.17, 15) is 8.78 Å². The molecule has 0 N–H and O–H groups in total. The van der Waals surface area contributed by atoms with E-state index in [0.29, 0.717) is 12.2 Å². The number of furan rings is 1. The summed E-state index contributed by atoms with van der Waals surface area (Å²) in [5, 5.41) is 0. The van der Waals surface area contributed by atoms with Crippen LogP contribution in [0.25, 0.3) is 11.1 Å². The van der Waals surface area contributed by atoms with E-state index in [2.05, 4.69) is 0 Å². The maximum atomic E-state index is 13.3. The summed E-state index contributed by atoms with van der Waals surface area (Å²) in [6.45, 7) is 0.589. The molecule has 0 amide bonds. The second-order valence-corrected chi connectivity index (χ2v) is 5.20. The van der Waals surface area contributed by atoms with E-state index >= 15 is 0 Å². The molecule has 0 fully saturated rings. The van der Waals surface area contributed by atoms with Crippen LogP contribution < -0.4 is 4.74 Å². The number of benzene rings is 2. The molecule has 0 bridgehead atoms. The van der Waals surface area contributed by atoms with Gasteiger partial charge in [-0.25, -0.2) is 8.78 Å². The van der Waals surface area contributed by atoms with Gasteiger partial charge in [-0.15, -0.1) is 0 Å². The Balaban J connectivity index is 1.54. The lowest BCUT2D eigenvalue weighted by Gasteiger charge is -2.04. The summed E-state index contributed by atoms with van der Waals surface area (Å²) in [5.74, 6) is -0.0761. The predicted molar refractivity (Wildman–Crippen MR) is 84.3 cm³/mol. The molecule has 0 aliphatic heterocycles. The van der Waals surface area contributed by atoms with Crippen LogP contribution in [0.4, 0.5) is 8.78 Å². The smallest absolute Gasteiger partial charge is 0.159 e. The normalized spacial score (nSPS) is 10.7. The van der Waals surface area contributed by atoms with E-state index in [1.165, 1.54) is 12.1 Å². The highest BCUT2D eigenvalue weighted by atomic mass is 19.2. The van der Waals surface area contributed by atoms with Gasteiger partial charge in [-0.05, 0) is 42.3 Å². The summed E-state index contributed by atoms with van der Waals surface area (Å²) in [6.07, 6.45) is 3.08. The van der Waals surface area contributed by atoms with Crippen molar-refractivity contribution in [2.45, 2.75) is 12.8 Å². The Kier molecular flexibility index (Phi) is 4.71. The summed E-state index contributed by atoms with van der Waals surface area (Å²) >= 11 is 0. The molecular formula is C19H16F2O2. The zero-order valence-corrected chi connectivity index (χ0v) is 12.5. The number of para-hydroxylation sites is 1. The topological polar surface area (TPSA) is 22.4 Å². The predicted octanol–water partition coefficient (Wildman–Crippen LogP) is 5.24. The van der Waals surface area contributed by atoms with Crippen molar-refractivity contribution in [2.75, 3.05) is 6.61 Å². The Morgan fingerprint density at radius 2 is 1.70 bits per heavy atom. The Hall–Kier alpha value is -2.62. The van der Waals surface area contributed by atoms with Gasteiger partial charge in [-0.2, -0.15) is 0 Å². The Bertz CT molecular complexity index is 766. The van der Waals surface area contributed by atoms with Gasteiger partial charge < -0.3 is 9.15 Å². The maximum Gasteiger partial charge on any atom is 0.159 e. The average Bonchev–Trinajstić information content (AvgIpc) is 3.04. The molecule has 1 heterocycles. The number of hydrogen-bond donors (Lipinski definition) is 0. The van der Waals surface area contributed by atoms with E-state index in [-0.39, 0.29) is 0 Å². The molecule has 0 unspecified atom stereocenters. The third kappa shape index (κ3) is 3.97. The van der Waals surface area contributed by atoms with Crippen LogP contribution in [0.5, 0.6) is 5.75 Å². The highest BCUT2D eigenvalue weighted by Crippen LogP contribution is 2.24. The number of halogens is 2. The number of aryl methyl sites for hydroxylation is 1.